The third-order valence-electron chi connectivity index (χ3n) is 3.50. The van der Waals surface area contributed by atoms with E-state index >= 15 is 0 Å². The second-order valence-corrected chi connectivity index (χ2v) is 5.49. The molecular formula is C14H29N3O. The van der Waals surface area contributed by atoms with Gasteiger partial charge in [-0.2, -0.15) is 0 Å². The summed E-state index contributed by atoms with van der Waals surface area (Å²) in [6.07, 6.45) is 2.61. The van der Waals surface area contributed by atoms with Crippen molar-refractivity contribution in [3.8, 4) is 0 Å². The number of nitrogens with one attached hydrogen (secondary N) is 2. The minimum Gasteiger partial charge on any atom is -0.378 e. The molecule has 1 saturated carbocycles. The second kappa shape index (κ2) is 7.62. The van der Waals surface area contributed by atoms with Crippen LogP contribution in [0.3, 0.4) is 0 Å². The number of aliphatic imine (C=N–C) groups is 1. The maximum atomic E-state index is 5.73. The fourth-order valence-corrected chi connectivity index (χ4v) is 2.05. The van der Waals surface area contributed by atoms with Crippen LogP contribution in [-0.2, 0) is 4.74 Å². The van der Waals surface area contributed by atoms with Crippen LogP contribution in [0.5, 0.6) is 0 Å². The standard InChI is InChI=1S/C14H29N3O/c1-6-18-13(10(2)3)7-8-16-14(15-5)17-12-9-11(12)4/h10-13H,6-9H2,1-5H3,(H2,15,16,17). The lowest BCUT2D eigenvalue weighted by molar-refractivity contribution is 0.0258. The first-order valence-electron chi connectivity index (χ1n) is 7.17. The van der Waals surface area contributed by atoms with Crippen molar-refractivity contribution in [1.82, 2.24) is 10.6 Å². The Labute approximate surface area is 112 Å². The molecule has 3 atom stereocenters. The highest BCUT2D eigenvalue weighted by Gasteiger charge is 2.33. The van der Waals surface area contributed by atoms with Crippen molar-refractivity contribution in [3.63, 3.8) is 0 Å². The first kappa shape index (κ1) is 15.3. The quantitative estimate of drug-likeness (QED) is 0.540. The Bertz CT molecular complexity index is 266. The van der Waals surface area contributed by atoms with E-state index in [0.29, 0.717) is 18.1 Å². The maximum absolute atomic E-state index is 5.73. The summed E-state index contributed by atoms with van der Waals surface area (Å²) in [6, 6.07) is 0.615. The summed E-state index contributed by atoms with van der Waals surface area (Å²) in [5, 5.41) is 6.79. The van der Waals surface area contributed by atoms with Crippen LogP contribution in [-0.4, -0.2) is 38.3 Å². The van der Waals surface area contributed by atoms with Crippen LogP contribution in [0, 0.1) is 11.8 Å². The van der Waals surface area contributed by atoms with Gasteiger partial charge in [-0.25, -0.2) is 0 Å². The fraction of sp³-hybridized carbons (Fsp3) is 0.929. The highest BCUT2D eigenvalue weighted by atomic mass is 16.5. The lowest BCUT2D eigenvalue weighted by Gasteiger charge is -2.21. The minimum atomic E-state index is 0.334. The number of nitrogens with zero attached hydrogens (tertiary/aromatic N) is 1. The van der Waals surface area contributed by atoms with Gasteiger partial charge in [0, 0.05) is 26.2 Å². The number of ether oxygens (including phenoxy) is 1. The molecule has 0 aromatic heterocycles. The van der Waals surface area contributed by atoms with Crippen molar-refractivity contribution < 1.29 is 4.74 Å². The summed E-state index contributed by atoms with van der Waals surface area (Å²) in [4.78, 5) is 4.24. The van der Waals surface area contributed by atoms with Gasteiger partial charge < -0.3 is 15.4 Å². The molecule has 0 aromatic rings. The fourth-order valence-electron chi connectivity index (χ4n) is 2.05. The summed E-state index contributed by atoms with van der Waals surface area (Å²) in [5.74, 6) is 2.27. The van der Waals surface area contributed by atoms with Crippen LogP contribution in [0.25, 0.3) is 0 Å². The summed E-state index contributed by atoms with van der Waals surface area (Å²) in [5.41, 5.74) is 0. The zero-order valence-electron chi connectivity index (χ0n) is 12.5. The third kappa shape index (κ3) is 5.25. The van der Waals surface area contributed by atoms with Gasteiger partial charge >= 0.3 is 0 Å². The smallest absolute Gasteiger partial charge is 0.191 e. The highest BCUT2D eigenvalue weighted by Crippen LogP contribution is 2.28. The van der Waals surface area contributed by atoms with Gasteiger partial charge in [-0.15, -0.1) is 0 Å². The average Bonchev–Trinajstić information content (AvgIpc) is 3.02. The summed E-state index contributed by atoms with van der Waals surface area (Å²) in [7, 11) is 1.82. The summed E-state index contributed by atoms with van der Waals surface area (Å²) < 4.78 is 5.73. The van der Waals surface area contributed by atoms with E-state index in [1.807, 2.05) is 7.05 Å². The largest absolute Gasteiger partial charge is 0.378 e. The Morgan fingerprint density at radius 2 is 2.11 bits per heavy atom. The summed E-state index contributed by atoms with van der Waals surface area (Å²) >= 11 is 0. The van der Waals surface area contributed by atoms with Crippen molar-refractivity contribution in [2.75, 3.05) is 20.2 Å². The SMILES string of the molecule is CCOC(CCNC(=NC)NC1CC1C)C(C)C. The van der Waals surface area contributed by atoms with E-state index in [2.05, 4.69) is 43.3 Å². The molecule has 1 fully saturated rings. The van der Waals surface area contributed by atoms with Crippen LogP contribution >= 0.6 is 0 Å². The Morgan fingerprint density at radius 3 is 2.56 bits per heavy atom. The molecular weight excluding hydrogens is 226 g/mol. The van der Waals surface area contributed by atoms with Crippen LogP contribution in [0.2, 0.25) is 0 Å². The predicted molar refractivity (Wildman–Crippen MR) is 76.9 cm³/mol. The van der Waals surface area contributed by atoms with Crippen molar-refractivity contribution in [2.24, 2.45) is 16.8 Å². The Balaban J connectivity index is 2.21. The molecule has 4 heteroatoms. The molecule has 4 nitrogen and oxygen atoms in total. The van der Waals surface area contributed by atoms with Gasteiger partial charge in [0.1, 0.15) is 0 Å². The van der Waals surface area contributed by atoms with Gasteiger partial charge in [0.05, 0.1) is 6.10 Å². The molecule has 0 aliphatic heterocycles. The van der Waals surface area contributed by atoms with E-state index in [0.717, 1.165) is 31.4 Å². The number of hydrogen-bond acceptors (Lipinski definition) is 2. The summed E-state index contributed by atoms with van der Waals surface area (Å²) in [6.45, 7) is 10.4. The van der Waals surface area contributed by atoms with E-state index < -0.39 is 0 Å². The van der Waals surface area contributed by atoms with Gasteiger partial charge in [-0.05, 0) is 31.6 Å². The molecule has 0 radical (unpaired) electrons. The Kier molecular flexibility index (Phi) is 6.47. The molecule has 1 aliphatic rings. The second-order valence-electron chi connectivity index (χ2n) is 5.49. The average molecular weight is 255 g/mol. The molecule has 106 valence electrons. The molecule has 0 spiro atoms. The molecule has 1 rings (SSSR count). The predicted octanol–water partition coefficient (Wildman–Crippen LogP) is 2.01. The zero-order chi connectivity index (χ0) is 13.5. The Hall–Kier alpha value is -0.770. The first-order chi connectivity index (χ1) is 8.58. The molecule has 0 heterocycles. The van der Waals surface area contributed by atoms with Gasteiger partial charge in [0.15, 0.2) is 5.96 Å². The van der Waals surface area contributed by atoms with E-state index in [1.165, 1.54) is 6.42 Å². The number of hydrogen-bond donors (Lipinski definition) is 2. The molecule has 0 bridgehead atoms. The highest BCUT2D eigenvalue weighted by molar-refractivity contribution is 5.80. The number of guanidine groups is 1. The minimum absolute atomic E-state index is 0.334. The molecule has 0 amide bonds. The zero-order valence-corrected chi connectivity index (χ0v) is 12.5. The van der Waals surface area contributed by atoms with Crippen LogP contribution in [0.4, 0.5) is 0 Å². The Morgan fingerprint density at radius 1 is 1.44 bits per heavy atom. The van der Waals surface area contributed by atoms with Crippen LogP contribution in [0.15, 0.2) is 4.99 Å². The van der Waals surface area contributed by atoms with E-state index in [-0.39, 0.29) is 0 Å². The van der Waals surface area contributed by atoms with Gasteiger partial charge in [0.2, 0.25) is 0 Å². The van der Waals surface area contributed by atoms with Crippen molar-refractivity contribution >= 4 is 5.96 Å². The van der Waals surface area contributed by atoms with Crippen molar-refractivity contribution in [1.29, 1.82) is 0 Å². The normalized spacial score (nSPS) is 25.1. The van der Waals surface area contributed by atoms with Gasteiger partial charge in [0.25, 0.3) is 0 Å². The molecule has 1 aliphatic carbocycles. The topological polar surface area (TPSA) is 45.6 Å². The molecule has 0 aromatic carbocycles. The van der Waals surface area contributed by atoms with Crippen molar-refractivity contribution in [2.45, 2.75) is 52.7 Å². The number of rotatable bonds is 7. The third-order valence-corrected chi connectivity index (χ3v) is 3.50. The van der Waals surface area contributed by atoms with E-state index in [9.17, 15) is 0 Å². The van der Waals surface area contributed by atoms with E-state index in [4.69, 9.17) is 4.74 Å². The maximum Gasteiger partial charge on any atom is 0.191 e. The molecule has 0 saturated heterocycles. The molecule has 2 N–H and O–H groups in total. The van der Waals surface area contributed by atoms with Gasteiger partial charge in [-0.3, -0.25) is 4.99 Å². The van der Waals surface area contributed by atoms with Crippen molar-refractivity contribution in [3.05, 3.63) is 0 Å². The lowest BCUT2D eigenvalue weighted by Crippen LogP contribution is -2.40. The molecule has 3 unspecified atom stereocenters. The van der Waals surface area contributed by atoms with E-state index in [1.54, 1.807) is 0 Å². The molecule has 18 heavy (non-hydrogen) atoms. The first-order valence-corrected chi connectivity index (χ1v) is 7.17. The van der Waals surface area contributed by atoms with Gasteiger partial charge in [-0.1, -0.05) is 20.8 Å². The lowest BCUT2D eigenvalue weighted by atomic mass is 10.0. The van der Waals surface area contributed by atoms with Crippen LogP contribution < -0.4 is 10.6 Å². The van der Waals surface area contributed by atoms with Crippen LogP contribution in [0.1, 0.15) is 40.5 Å². The monoisotopic (exact) mass is 255 g/mol.